The maximum atomic E-state index is 14.6. The topological polar surface area (TPSA) is 119 Å². The maximum Gasteiger partial charge on any atom is 0.296 e. The fourth-order valence-corrected chi connectivity index (χ4v) is 4.48. The van der Waals surface area contributed by atoms with Gasteiger partial charge in [-0.25, -0.2) is 8.78 Å². The van der Waals surface area contributed by atoms with Crippen LogP contribution in [0.15, 0.2) is 18.2 Å². The molecule has 0 bridgehead atoms. The minimum Gasteiger partial charge on any atom is -0.471 e. The SMILES string of the molecule is CN(C)C(=O)CCc1cc(F)c(COc2nc3nc(O[C@@H]4COC5C4OC[C@H]5O)[nH]c3cc2Cl)c(F)c1. The summed E-state index contributed by atoms with van der Waals surface area (Å²) >= 11 is 6.27. The van der Waals surface area contributed by atoms with Crippen molar-refractivity contribution in [2.45, 2.75) is 43.9 Å². The first-order valence-corrected chi connectivity index (χ1v) is 12.0. The highest BCUT2D eigenvalue weighted by Crippen LogP contribution is 2.31. The summed E-state index contributed by atoms with van der Waals surface area (Å²) in [6.07, 6.45) is -1.68. The van der Waals surface area contributed by atoms with Gasteiger partial charge in [-0.2, -0.15) is 9.97 Å². The van der Waals surface area contributed by atoms with E-state index in [1.165, 1.54) is 23.1 Å². The molecular formula is C24H25ClF2N4O6. The molecule has 2 unspecified atom stereocenters. The van der Waals surface area contributed by atoms with Crippen LogP contribution in [0.4, 0.5) is 8.78 Å². The molecule has 2 N–H and O–H groups in total. The summed E-state index contributed by atoms with van der Waals surface area (Å²) in [4.78, 5) is 24.6. The van der Waals surface area contributed by atoms with E-state index in [4.69, 9.17) is 30.5 Å². The summed E-state index contributed by atoms with van der Waals surface area (Å²) in [7, 11) is 3.24. The number of benzene rings is 1. The van der Waals surface area contributed by atoms with E-state index in [2.05, 4.69) is 15.0 Å². The van der Waals surface area contributed by atoms with Gasteiger partial charge >= 0.3 is 0 Å². The van der Waals surface area contributed by atoms with Crippen LogP contribution in [0.1, 0.15) is 17.5 Å². The van der Waals surface area contributed by atoms with Crippen LogP contribution in [-0.2, 0) is 27.3 Å². The van der Waals surface area contributed by atoms with E-state index in [0.29, 0.717) is 11.1 Å². The molecule has 3 aromatic rings. The second kappa shape index (κ2) is 10.4. The van der Waals surface area contributed by atoms with Crippen molar-refractivity contribution in [2.75, 3.05) is 27.3 Å². The smallest absolute Gasteiger partial charge is 0.296 e. The van der Waals surface area contributed by atoms with Gasteiger partial charge in [-0.15, -0.1) is 0 Å². The number of hydrogen-bond acceptors (Lipinski definition) is 8. The average molecular weight is 539 g/mol. The van der Waals surface area contributed by atoms with Gasteiger partial charge in [-0.3, -0.25) is 4.79 Å². The quantitative estimate of drug-likeness (QED) is 0.449. The van der Waals surface area contributed by atoms with Crippen molar-refractivity contribution < 1.29 is 37.6 Å². The number of carbonyl (C=O) groups excluding carboxylic acids is 1. The highest BCUT2D eigenvalue weighted by Gasteiger charge is 2.48. The van der Waals surface area contributed by atoms with Crippen LogP contribution in [0, 0.1) is 11.6 Å². The number of aryl methyl sites for hydroxylation is 1. The minimum absolute atomic E-state index is 0.0572. The lowest BCUT2D eigenvalue weighted by atomic mass is 10.1. The number of aliphatic hydroxyl groups excluding tert-OH is 1. The van der Waals surface area contributed by atoms with Crippen LogP contribution in [0.5, 0.6) is 11.9 Å². The van der Waals surface area contributed by atoms with Crippen molar-refractivity contribution >= 4 is 28.7 Å². The van der Waals surface area contributed by atoms with Gasteiger partial charge in [-0.1, -0.05) is 11.6 Å². The number of halogens is 3. The number of aromatic nitrogens is 3. The first-order chi connectivity index (χ1) is 17.7. The van der Waals surface area contributed by atoms with Gasteiger partial charge in [-0.05, 0) is 30.2 Å². The van der Waals surface area contributed by atoms with Gasteiger partial charge in [0.15, 0.2) is 11.8 Å². The Balaban J connectivity index is 1.26. The van der Waals surface area contributed by atoms with E-state index >= 15 is 0 Å². The molecule has 2 aliphatic rings. The number of nitrogens with one attached hydrogen (secondary N) is 1. The molecule has 2 aliphatic heterocycles. The van der Waals surface area contributed by atoms with Crippen molar-refractivity contribution in [3.05, 3.63) is 46.0 Å². The van der Waals surface area contributed by atoms with Gasteiger partial charge in [0.1, 0.15) is 41.6 Å². The van der Waals surface area contributed by atoms with Crippen molar-refractivity contribution in [3.63, 3.8) is 0 Å². The molecular weight excluding hydrogens is 514 g/mol. The van der Waals surface area contributed by atoms with Crippen molar-refractivity contribution in [1.29, 1.82) is 0 Å². The van der Waals surface area contributed by atoms with E-state index in [-0.39, 0.29) is 60.1 Å². The Morgan fingerprint density at radius 1 is 1.19 bits per heavy atom. The van der Waals surface area contributed by atoms with Crippen molar-refractivity contribution in [1.82, 2.24) is 19.9 Å². The normalized spacial score (nSPS) is 22.9. The molecule has 10 nitrogen and oxygen atoms in total. The first kappa shape index (κ1) is 25.6. The largest absolute Gasteiger partial charge is 0.471 e. The second-order valence-corrected chi connectivity index (χ2v) is 9.53. The number of fused-ring (bicyclic) bond motifs is 2. The number of hydrogen-bond donors (Lipinski definition) is 2. The van der Waals surface area contributed by atoms with Gasteiger partial charge < -0.3 is 33.9 Å². The molecule has 2 saturated heterocycles. The number of carbonyl (C=O) groups is 1. The Morgan fingerprint density at radius 2 is 1.92 bits per heavy atom. The van der Waals surface area contributed by atoms with Crippen LogP contribution in [0.2, 0.25) is 5.02 Å². The van der Waals surface area contributed by atoms with Gasteiger partial charge in [0.25, 0.3) is 6.01 Å². The summed E-state index contributed by atoms with van der Waals surface area (Å²) in [5.41, 5.74) is 0.761. The molecule has 4 heterocycles. The molecule has 1 aromatic carbocycles. The van der Waals surface area contributed by atoms with Crippen molar-refractivity contribution in [3.8, 4) is 11.9 Å². The molecule has 37 heavy (non-hydrogen) atoms. The number of rotatable bonds is 8. The van der Waals surface area contributed by atoms with Gasteiger partial charge in [0.05, 0.1) is 24.3 Å². The molecule has 5 rings (SSSR count). The number of nitrogens with zero attached hydrogens (tertiary/aromatic N) is 3. The van der Waals surface area contributed by atoms with Crippen LogP contribution in [-0.4, -0.2) is 82.6 Å². The molecule has 4 atom stereocenters. The summed E-state index contributed by atoms with van der Waals surface area (Å²) in [5.74, 6) is -1.78. The Labute approximate surface area is 215 Å². The van der Waals surface area contributed by atoms with E-state index in [1.54, 1.807) is 14.1 Å². The number of amides is 1. The second-order valence-electron chi connectivity index (χ2n) is 9.12. The fourth-order valence-electron chi connectivity index (χ4n) is 4.28. The van der Waals surface area contributed by atoms with Crippen LogP contribution >= 0.6 is 11.6 Å². The predicted octanol–water partition coefficient (Wildman–Crippen LogP) is 2.40. The minimum atomic E-state index is -0.795. The van der Waals surface area contributed by atoms with Gasteiger partial charge in [0.2, 0.25) is 11.8 Å². The Hall–Kier alpha value is -3.06. The lowest BCUT2D eigenvalue weighted by Crippen LogP contribution is -2.34. The third kappa shape index (κ3) is 5.33. The molecule has 0 spiro atoms. The zero-order valence-electron chi connectivity index (χ0n) is 20.0. The van der Waals surface area contributed by atoms with E-state index in [9.17, 15) is 18.7 Å². The van der Waals surface area contributed by atoms with Crippen LogP contribution < -0.4 is 9.47 Å². The van der Waals surface area contributed by atoms with E-state index in [0.717, 1.165) is 0 Å². The zero-order valence-corrected chi connectivity index (χ0v) is 20.8. The summed E-state index contributed by atoms with van der Waals surface area (Å²) < 4.78 is 51.7. The first-order valence-electron chi connectivity index (χ1n) is 11.6. The lowest BCUT2D eigenvalue weighted by Gasteiger charge is -2.15. The molecule has 13 heteroatoms. The number of H-pyrrole nitrogens is 1. The molecule has 1 amide bonds. The lowest BCUT2D eigenvalue weighted by molar-refractivity contribution is -0.128. The Kier molecular flexibility index (Phi) is 7.17. The Bertz CT molecular complexity index is 1300. The third-order valence-electron chi connectivity index (χ3n) is 6.30. The molecule has 198 valence electrons. The van der Waals surface area contributed by atoms with E-state index in [1.807, 2.05) is 0 Å². The Morgan fingerprint density at radius 3 is 2.65 bits per heavy atom. The third-order valence-corrected chi connectivity index (χ3v) is 6.57. The standard InChI is InChI=1S/C24H25ClF2N4O6/c1-31(2)19(33)4-3-11-5-14(26)12(15(27)6-11)8-36-23-13(25)7-16-22(29-23)30-24(28-16)37-18-10-35-20-17(32)9-34-21(18)20/h5-7,17-18,20-21,32H,3-4,8-10H2,1-2H3,(H,28,29,30)/t17-,18-,20?,21?/m1/s1. The number of ether oxygens (including phenoxy) is 4. The molecule has 0 saturated carbocycles. The zero-order chi connectivity index (χ0) is 26.3. The monoisotopic (exact) mass is 538 g/mol. The highest BCUT2D eigenvalue weighted by molar-refractivity contribution is 6.32. The van der Waals surface area contributed by atoms with E-state index < -0.39 is 42.7 Å². The maximum absolute atomic E-state index is 14.6. The number of imidazole rings is 1. The summed E-state index contributed by atoms with van der Waals surface area (Å²) in [5, 5.41) is 9.98. The molecule has 2 fully saturated rings. The average Bonchev–Trinajstić information content (AvgIpc) is 3.53. The van der Waals surface area contributed by atoms with Crippen LogP contribution in [0.25, 0.3) is 11.2 Å². The highest BCUT2D eigenvalue weighted by atomic mass is 35.5. The molecule has 0 radical (unpaired) electrons. The molecule has 2 aromatic heterocycles. The summed E-state index contributed by atoms with van der Waals surface area (Å²) in [6, 6.07) is 4.03. The number of pyridine rings is 1. The number of aromatic amines is 1. The summed E-state index contributed by atoms with van der Waals surface area (Å²) in [6.45, 7) is -0.0518. The number of aliphatic hydroxyl groups is 1. The molecule has 0 aliphatic carbocycles. The van der Waals surface area contributed by atoms with Crippen molar-refractivity contribution in [2.24, 2.45) is 0 Å². The van der Waals surface area contributed by atoms with Gasteiger partial charge in [0, 0.05) is 20.5 Å². The van der Waals surface area contributed by atoms with Crippen LogP contribution in [0.3, 0.4) is 0 Å². The predicted molar refractivity (Wildman–Crippen MR) is 127 cm³/mol. The fraction of sp³-hybridized carbons (Fsp3) is 0.458.